The molecular weight excluding hydrogens is 240 g/mol. The first kappa shape index (κ1) is 16.4. The second kappa shape index (κ2) is 9.32. The number of rotatable bonds is 9. The minimum absolute atomic E-state index is 0.111. The van der Waals surface area contributed by atoms with E-state index in [9.17, 15) is 4.79 Å². The van der Waals surface area contributed by atoms with Gasteiger partial charge in [0.25, 0.3) is 0 Å². The van der Waals surface area contributed by atoms with Crippen molar-refractivity contribution in [3.63, 3.8) is 0 Å². The monoisotopic (exact) mass is 270 g/mol. The first-order chi connectivity index (χ1) is 9.19. The summed E-state index contributed by atoms with van der Waals surface area (Å²) in [5.74, 6) is 0.670. The largest absolute Gasteiger partial charge is 0.378 e. The van der Waals surface area contributed by atoms with Gasteiger partial charge in [-0.05, 0) is 32.1 Å². The molecule has 1 aliphatic heterocycles. The van der Waals surface area contributed by atoms with Crippen molar-refractivity contribution in [2.24, 2.45) is 5.92 Å². The topological polar surface area (TPSA) is 50.4 Å². The molecule has 0 aromatic heterocycles. The van der Waals surface area contributed by atoms with Crippen molar-refractivity contribution in [2.45, 2.75) is 65.0 Å². The van der Waals surface area contributed by atoms with Gasteiger partial charge in [0.05, 0.1) is 12.1 Å². The van der Waals surface area contributed by atoms with Crippen LogP contribution in [0.25, 0.3) is 0 Å². The van der Waals surface area contributed by atoms with Gasteiger partial charge in [-0.15, -0.1) is 0 Å². The second-order valence-electron chi connectivity index (χ2n) is 5.49. The number of carbonyl (C=O) groups is 1. The molecule has 0 aliphatic carbocycles. The fraction of sp³-hybridized carbons (Fsp3) is 0.933. The maximum absolute atomic E-state index is 11.9. The van der Waals surface area contributed by atoms with Crippen LogP contribution in [-0.2, 0) is 9.53 Å². The number of carbonyl (C=O) groups excluding carboxylic acids is 1. The Labute approximate surface area is 117 Å². The van der Waals surface area contributed by atoms with Gasteiger partial charge in [0.1, 0.15) is 0 Å². The van der Waals surface area contributed by atoms with Crippen LogP contribution in [0.15, 0.2) is 0 Å². The van der Waals surface area contributed by atoms with Gasteiger partial charge in [-0.2, -0.15) is 0 Å². The molecule has 1 aliphatic rings. The third-order valence-corrected chi connectivity index (χ3v) is 3.91. The van der Waals surface area contributed by atoms with E-state index in [0.29, 0.717) is 12.0 Å². The molecule has 2 N–H and O–H groups in total. The molecule has 0 saturated carbocycles. The Hall–Kier alpha value is -0.610. The van der Waals surface area contributed by atoms with Crippen molar-refractivity contribution < 1.29 is 9.53 Å². The maximum Gasteiger partial charge on any atom is 0.236 e. The van der Waals surface area contributed by atoms with Crippen LogP contribution in [0.1, 0.15) is 52.9 Å². The molecule has 4 heteroatoms. The fourth-order valence-electron chi connectivity index (χ4n) is 2.54. The van der Waals surface area contributed by atoms with Crippen LogP contribution < -0.4 is 10.6 Å². The summed E-state index contributed by atoms with van der Waals surface area (Å²) in [5, 5.41) is 6.32. The highest BCUT2D eigenvalue weighted by molar-refractivity contribution is 5.81. The summed E-state index contributed by atoms with van der Waals surface area (Å²) in [5.41, 5.74) is 0. The summed E-state index contributed by atoms with van der Waals surface area (Å²) in [4.78, 5) is 11.9. The Morgan fingerprint density at radius 1 is 1.37 bits per heavy atom. The molecule has 0 spiro atoms. The molecule has 3 atom stereocenters. The van der Waals surface area contributed by atoms with E-state index in [1.165, 1.54) is 12.8 Å². The Bertz CT molecular complexity index is 259. The molecule has 112 valence electrons. The maximum atomic E-state index is 11.9. The van der Waals surface area contributed by atoms with Gasteiger partial charge in [0.15, 0.2) is 0 Å². The van der Waals surface area contributed by atoms with Gasteiger partial charge in [0, 0.05) is 19.7 Å². The average molecular weight is 270 g/mol. The Morgan fingerprint density at radius 3 is 2.84 bits per heavy atom. The van der Waals surface area contributed by atoms with Crippen molar-refractivity contribution >= 4 is 5.91 Å². The van der Waals surface area contributed by atoms with Crippen molar-refractivity contribution in [2.75, 3.05) is 19.7 Å². The lowest BCUT2D eigenvalue weighted by molar-refractivity contribution is -0.122. The van der Waals surface area contributed by atoms with Gasteiger partial charge >= 0.3 is 0 Å². The van der Waals surface area contributed by atoms with E-state index in [4.69, 9.17) is 4.74 Å². The predicted molar refractivity (Wildman–Crippen MR) is 78.1 cm³/mol. The highest BCUT2D eigenvalue weighted by Crippen LogP contribution is 2.22. The van der Waals surface area contributed by atoms with E-state index in [1.54, 1.807) is 0 Å². The molecule has 0 aromatic rings. The van der Waals surface area contributed by atoms with Gasteiger partial charge in [0.2, 0.25) is 5.91 Å². The molecule has 1 saturated heterocycles. The Morgan fingerprint density at radius 2 is 2.16 bits per heavy atom. The van der Waals surface area contributed by atoms with Crippen molar-refractivity contribution in [1.82, 2.24) is 10.6 Å². The van der Waals surface area contributed by atoms with Crippen molar-refractivity contribution in [3.05, 3.63) is 0 Å². The zero-order valence-electron chi connectivity index (χ0n) is 12.7. The molecule has 1 heterocycles. The highest BCUT2D eigenvalue weighted by atomic mass is 16.5. The molecular formula is C15H30N2O2. The lowest BCUT2D eigenvalue weighted by atomic mass is 9.99. The summed E-state index contributed by atoms with van der Waals surface area (Å²) < 4.78 is 5.66. The molecule has 0 aromatic carbocycles. The van der Waals surface area contributed by atoms with E-state index in [0.717, 1.165) is 39.0 Å². The molecule has 1 rings (SSSR count). The molecule has 1 amide bonds. The van der Waals surface area contributed by atoms with E-state index in [1.807, 2.05) is 6.92 Å². The normalized spacial score (nSPS) is 24.4. The Kier molecular flexibility index (Phi) is 8.07. The number of unbranched alkanes of at least 4 members (excludes halogenated alkanes) is 2. The van der Waals surface area contributed by atoms with Crippen LogP contribution in [0.5, 0.6) is 0 Å². The zero-order chi connectivity index (χ0) is 14.1. The first-order valence-electron chi connectivity index (χ1n) is 7.81. The van der Waals surface area contributed by atoms with Gasteiger partial charge < -0.3 is 15.4 Å². The SMILES string of the molecule is CCCCCNC(=O)C(C)NCC1CCOC1CC. The van der Waals surface area contributed by atoms with Crippen LogP contribution in [0, 0.1) is 5.92 Å². The van der Waals surface area contributed by atoms with Gasteiger partial charge in [-0.25, -0.2) is 0 Å². The average Bonchev–Trinajstić information content (AvgIpc) is 2.88. The third-order valence-electron chi connectivity index (χ3n) is 3.91. The number of amides is 1. The summed E-state index contributed by atoms with van der Waals surface area (Å²) in [7, 11) is 0. The molecule has 0 radical (unpaired) electrons. The van der Waals surface area contributed by atoms with Crippen LogP contribution in [0.4, 0.5) is 0 Å². The number of hydrogen-bond donors (Lipinski definition) is 2. The molecule has 19 heavy (non-hydrogen) atoms. The molecule has 0 bridgehead atoms. The van der Waals surface area contributed by atoms with Crippen LogP contribution in [-0.4, -0.2) is 37.7 Å². The van der Waals surface area contributed by atoms with Crippen LogP contribution >= 0.6 is 0 Å². The van der Waals surface area contributed by atoms with Crippen molar-refractivity contribution in [1.29, 1.82) is 0 Å². The predicted octanol–water partition coefficient (Wildman–Crippen LogP) is 2.09. The van der Waals surface area contributed by atoms with E-state index < -0.39 is 0 Å². The van der Waals surface area contributed by atoms with Gasteiger partial charge in [-0.3, -0.25) is 4.79 Å². The number of hydrogen-bond acceptors (Lipinski definition) is 3. The molecule has 3 unspecified atom stereocenters. The zero-order valence-corrected chi connectivity index (χ0v) is 12.7. The highest BCUT2D eigenvalue weighted by Gasteiger charge is 2.27. The van der Waals surface area contributed by atoms with Crippen LogP contribution in [0.3, 0.4) is 0 Å². The van der Waals surface area contributed by atoms with Crippen molar-refractivity contribution in [3.8, 4) is 0 Å². The Balaban J connectivity index is 2.15. The standard InChI is InChI=1S/C15H30N2O2/c1-4-6-7-9-16-15(18)12(3)17-11-13-8-10-19-14(13)5-2/h12-14,17H,4-11H2,1-3H3,(H,16,18). The van der Waals surface area contributed by atoms with E-state index in [-0.39, 0.29) is 11.9 Å². The van der Waals surface area contributed by atoms with Crippen LogP contribution in [0.2, 0.25) is 0 Å². The fourth-order valence-corrected chi connectivity index (χ4v) is 2.54. The summed E-state index contributed by atoms with van der Waals surface area (Å²) in [6.45, 7) is 8.80. The van der Waals surface area contributed by atoms with E-state index >= 15 is 0 Å². The third kappa shape index (κ3) is 5.91. The lowest BCUT2D eigenvalue weighted by Crippen LogP contribution is -2.44. The number of ether oxygens (including phenoxy) is 1. The lowest BCUT2D eigenvalue weighted by Gasteiger charge is -2.20. The number of nitrogens with one attached hydrogen (secondary N) is 2. The van der Waals surface area contributed by atoms with Gasteiger partial charge in [-0.1, -0.05) is 26.7 Å². The quantitative estimate of drug-likeness (QED) is 0.631. The van der Waals surface area contributed by atoms with E-state index in [2.05, 4.69) is 24.5 Å². The summed E-state index contributed by atoms with van der Waals surface area (Å²) in [6, 6.07) is -0.111. The first-order valence-corrected chi connectivity index (χ1v) is 7.81. The summed E-state index contributed by atoms with van der Waals surface area (Å²) in [6.07, 6.45) is 5.97. The molecule has 4 nitrogen and oxygen atoms in total. The minimum atomic E-state index is -0.111. The smallest absolute Gasteiger partial charge is 0.236 e. The summed E-state index contributed by atoms with van der Waals surface area (Å²) >= 11 is 0. The minimum Gasteiger partial charge on any atom is -0.378 e. The second-order valence-corrected chi connectivity index (χ2v) is 5.49. The molecule has 1 fully saturated rings.